The average Bonchev–Trinajstić information content (AvgIpc) is 3.28. The van der Waals surface area contributed by atoms with Gasteiger partial charge in [0.1, 0.15) is 11.4 Å². The number of hydrogen-bond donors (Lipinski definition) is 1. The van der Waals surface area contributed by atoms with Gasteiger partial charge < -0.3 is 10.2 Å². The van der Waals surface area contributed by atoms with Crippen LogP contribution in [0.15, 0.2) is 41.8 Å². The lowest BCUT2D eigenvalue weighted by atomic mass is 10.1. The maximum absolute atomic E-state index is 13.3. The fourth-order valence-corrected chi connectivity index (χ4v) is 5.42. The number of amides is 2. The summed E-state index contributed by atoms with van der Waals surface area (Å²) in [6, 6.07) is 10.5. The standard InChI is InChI=1S/C19H21ClN2O2S2/c1-12(2)10-21-17(23)15-11-26-19(16-8-5-9-25-16)22(15)18(24)13-6-3-4-7-14(13)20/h3-9,12,15,19H,10-11H2,1-2H3,(H,21,23). The first-order valence-corrected chi connectivity index (χ1v) is 10.8. The van der Waals surface area contributed by atoms with Gasteiger partial charge >= 0.3 is 0 Å². The van der Waals surface area contributed by atoms with Crippen LogP contribution < -0.4 is 5.32 Å². The van der Waals surface area contributed by atoms with Gasteiger partial charge in [-0.1, -0.05) is 43.6 Å². The van der Waals surface area contributed by atoms with Crippen LogP contribution in [-0.2, 0) is 4.79 Å². The minimum absolute atomic E-state index is 0.106. The molecule has 1 aliphatic rings. The highest BCUT2D eigenvalue weighted by Gasteiger charge is 2.43. The summed E-state index contributed by atoms with van der Waals surface area (Å²) in [4.78, 5) is 28.8. The third kappa shape index (κ3) is 4.08. The third-order valence-electron chi connectivity index (χ3n) is 4.11. The zero-order valence-electron chi connectivity index (χ0n) is 14.6. The molecular formula is C19H21ClN2O2S2. The molecule has 2 aromatic rings. The van der Waals surface area contributed by atoms with Gasteiger partial charge in [0.15, 0.2) is 0 Å². The van der Waals surface area contributed by atoms with Crippen LogP contribution in [0.4, 0.5) is 0 Å². The Hall–Kier alpha value is -1.50. The number of rotatable bonds is 5. The summed E-state index contributed by atoms with van der Waals surface area (Å²) < 4.78 is 0. The summed E-state index contributed by atoms with van der Waals surface area (Å²) in [5.74, 6) is 0.617. The van der Waals surface area contributed by atoms with Crippen molar-refractivity contribution < 1.29 is 9.59 Å². The molecule has 0 bridgehead atoms. The first kappa shape index (κ1) is 19.3. The van der Waals surface area contributed by atoms with Crippen LogP contribution in [-0.4, -0.2) is 35.1 Å². The Bertz CT molecular complexity index is 780. The van der Waals surface area contributed by atoms with Gasteiger partial charge in [-0.15, -0.1) is 23.1 Å². The zero-order valence-corrected chi connectivity index (χ0v) is 17.0. The van der Waals surface area contributed by atoms with Gasteiger partial charge in [0, 0.05) is 17.2 Å². The number of carbonyl (C=O) groups is 2. The number of nitrogens with zero attached hydrogens (tertiary/aromatic N) is 1. The molecule has 1 fully saturated rings. The summed E-state index contributed by atoms with van der Waals surface area (Å²) >= 11 is 9.46. The van der Waals surface area contributed by atoms with Crippen LogP contribution in [0, 0.1) is 5.92 Å². The summed E-state index contributed by atoms with van der Waals surface area (Å²) in [5, 5.41) is 5.18. The molecule has 2 heterocycles. The lowest BCUT2D eigenvalue weighted by Crippen LogP contribution is -2.48. The molecular weight excluding hydrogens is 388 g/mol. The van der Waals surface area contributed by atoms with Gasteiger partial charge in [0.2, 0.25) is 5.91 Å². The fraction of sp³-hybridized carbons (Fsp3) is 0.368. The first-order chi connectivity index (χ1) is 12.5. The molecule has 26 heavy (non-hydrogen) atoms. The van der Waals surface area contributed by atoms with E-state index in [4.69, 9.17) is 11.6 Å². The van der Waals surface area contributed by atoms with Crippen molar-refractivity contribution in [1.82, 2.24) is 10.2 Å². The van der Waals surface area contributed by atoms with Gasteiger partial charge in [0.25, 0.3) is 5.91 Å². The van der Waals surface area contributed by atoms with Crippen molar-refractivity contribution >= 4 is 46.5 Å². The molecule has 1 aromatic carbocycles. The SMILES string of the molecule is CC(C)CNC(=O)C1CSC(c2cccs2)N1C(=O)c1ccccc1Cl. The van der Waals surface area contributed by atoms with Gasteiger partial charge in [-0.3, -0.25) is 9.59 Å². The fourth-order valence-electron chi connectivity index (χ4n) is 2.80. The molecule has 138 valence electrons. The third-order valence-corrected chi connectivity index (χ3v) is 6.82. The van der Waals surface area contributed by atoms with Crippen LogP contribution in [0.25, 0.3) is 0 Å². The van der Waals surface area contributed by atoms with Gasteiger partial charge in [-0.2, -0.15) is 0 Å². The second-order valence-corrected chi connectivity index (χ2v) is 9.05. The molecule has 1 aromatic heterocycles. The van der Waals surface area contributed by atoms with E-state index in [-0.39, 0.29) is 17.2 Å². The molecule has 1 saturated heterocycles. The summed E-state index contributed by atoms with van der Waals surface area (Å²) in [6.45, 7) is 4.69. The van der Waals surface area contributed by atoms with E-state index >= 15 is 0 Å². The molecule has 2 amide bonds. The number of nitrogens with one attached hydrogen (secondary N) is 1. The minimum Gasteiger partial charge on any atom is -0.354 e. The number of thiophene rings is 1. The summed E-state index contributed by atoms with van der Waals surface area (Å²) in [7, 11) is 0. The number of hydrogen-bond acceptors (Lipinski definition) is 4. The smallest absolute Gasteiger partial charge is 0.257 e. The van der Waals surface area contributed by atoms with Crippen LogP contribution in [0.3, 0.4) is 0 Å². The molecule has 1 N–H and O–H groups in total. The van der Waals surface area contributed by atoms with E-state index in [0.29, 0.717) is 28.8 Å². The number of carbonyl (C=O) groups excluding carboxylic acids is 2. The number of benzene rings is 1. The minimum atomic E-state index is -0.505. The van der Waals surface area contributed by atoms with E-state index in [1.807, 2.05) is 31.4 Å². The largest absolute Gasteiger partial charge is 0.354 e. The molecule has 0 saturated carbocycles. The van der Waals surface area contributed by atoms with E-state index in [9.17, 15) is 9.59 Å². The predicted octanol–water partition coefficient (Wildman–Crippen LogP) is 4.43. The van der Waals surface area contributed by atoms with Crippen molar-refractivity contribution in [3.8, 4) is 0 Å². The lowest BCUT2D eigenvalue weighted by molar-refractivity contribution is -0.125. The molecule has 2 atom stereocenters. The molecule has 2 unspecified atom stereocenters. The summed E-state index contributed by atoms with van der Waals surface area (Å²) in [6.07, 6.45) is 0. The van der Waals surface area contributed by atoms with Gasteiger partial charge in [-0.25, -0.2) is 0 Å². The molecule has 1 aliphatic heterocycles. The molecule has 7 heteroatoms. The Labute approximate surface area is 166 Å². The van der Waals surface area contributed by atoms with E-state index in [1.54, 1.807) is 52.3 Å². The van der Waals surface area contributed by atoms with Crippen LogP contribution in [0.5, 0.6) is 0 Å². The van der Waals surface area contributed by atoms with Crippen molar-refractivity contribution in [3.05, 3.63) is 57.2 Å². The van der Waals surface area contributed by atoms with Crippen molar-refractivity contribution in [2.24, 2.45) is 5.92 Å². The topological polar surface area (TPSA) is 49.4 Å². The Kier molecular flexibility index (Phi) is 6.27. The van der Waals surface area contributed by atoms with Crippen LogP contribution in [0.2, 0.25) is 5.02 Å². The average molecular weight is 409 g/mol. The van der Waals surface area contributed by atoms with E-state index in [0.717, 1.165) is 4.88 Å². The maximum Gasteiger partial charge on any atom is 0.257 e. The van der Waals surface area contributed by atoms with Crippen molar-refractivity contribution in [3.63, 3.8) is 0 Å². The highest BCUT2D eigenvalue weighted by molar-refractivity contribution is 7.99. The lowest BCUT2D eigenvalue weighted by Gasteiger charge is -2.29. The number of thioether (sulfide) groups is 1. The van der Waals surface area contributed by atoms with Gasteiger partial charge in [-0.05, 0) is 29.5 Å². The van der Waals surface area contributed by atoms with Crippen molar-refractivity contribution in [2.75, 3.05) is 12.3 Å². The first-order valence-electron chi connectivity index (χ1n) is 8.49. The van der Waals surface area contributed by atoms with Crippen LogP contribution >= 0.6 is 34.7 Å². The second-order valence-electron chi connectivity index (χ2n) is 6.55. The zero-order chi connectivity index (χ0) is 18.7. The van der Waals surface area contributed by atoms with E-state index in [1.165, 1.54) is 0 Å². The Morgan fingerprint density at radius 3 is 2.69 bits per heavy atom. The highest BCUT2D eigenvalue weighted by Crippen LogP contribution is 2.44. The highest BCUT2D eigenvalue weighted by atomic mass is 35.5. The predicted molar refractivity (Wildman–Crippen MR) is 109 cm³/mol. The Balaban J connectivity index is 1.91. The summed E-state index contributed by atoms with van der Waals surface area (Å²) in [5.41, 5.74) is 0.430. The molecule has 3 rings (SSSR count). The normalized spacial score (nSPS) is 19.8. The molecule has 0 aliphatic carbocycles. The second kappa shape index (κ2) is 8.46. The molecule has 0 radical (unpaired) electrons. The van der Waals surface area contributed by atoms with E-state index in [2.05, 4.69) is 5.32 Å². The monoisotopic (exact) mass is 408 g/mol. The quantitative estimate of drug-likeness (QED) is 0.796. The Morgan fingerprint density at radius 1 is 1.27 bits per heavy atom. The number of halogens is 1. The van der Waals surface area contributed by atoms with Crippen molar-refractivity contribution in [2.45, 2.75) is 25.3 Å². The van der Waals surface area contributed by atoms with E-state index < -0.39 is 6.04 Å². The van der Waals surface area contributed by atoms with Crippen LogP contribution in [0.1, 0.15) is 34.5 Å². The Morgan fingerprint density at radius 2 is 2.04 bits per heavy atom. The molecule has 4 nitrogen and oxygen atoms in total. The van der Waals surface area contributed by atoms with Gasteiger partial charge in [0.05, 0.1) is 10.6 Å². The maximum atomic E-state index is 13.3. The molecule has 0 spiro atoms. The van der Waals surface area contributed by atoms with Crippen molar-refractivity contribution in [1.29, 1.82) is 0 Å².